The van der Waals surface area contributed by atoms with E-state index < -0.39 is 11.6 Å². The zero-order valence-corrected chi connectivity index (χ0v) is 29.8. The first-order valence-corrected chi connectivity index (χ1v) is 19.7. The van der Waals surface area contributed by atoms with Crippen LogP contribution in [0.2, 0.25) is 0 Å². The summed E-state index contributed by atoms with van der Waals surface area (Å²) in [6, 6.07) is 0. The fraction of sp³-hybridized carbons (Fsp3) is 0.949. The molecule has 1 atom stereocenters. The van der Waals surface area contributed by atoms with E-state index in [1.165, 1.54) is 154 Å². The molecule has 44 heavy (non-hydrogen) atoms. The van der Waals surface area contributed by atoms with Gasteiger partial charge in [-0.15, -0.1) is 0 Å². The Hall–Kier alpha value is -1.10. The number of aliphatic carboxylic acids is 1. The van der Waals surface area contributed by atoms with Crippen molar-refractivity contribution in [1.82, 2.24) is 5.32 Å². The zero-order valence-electron chi connectivity index (χ0n) is 29.8. The van der Waals surface area contributed by atoms with E-state index in [1.807, 2.05) is 0 Å². The van der Waals surface area contributed by atoms with Crippen LogP contribution in [0.25, 0.3) is 0 Å². The second-order valence-electron chi connectivity index (χ2n) is 13.8. The number of carboxylic acids is 1. The average molecular weight is 624 g/mol. The molecule has 0 aromatic heterocycles. The van der Waals surface area contributed by atoms with E-state index in [2.05, 4.69) is 19.2 Å². The smallest absolute Gasteiger partial charge is 0.335 e. The SMILES string of the molecule is CCCCCCCCCCCCCCCCCC(=O)NCCCC(O)(CCCCCCCCCCCCCCCC)C(=O)O. The highest BCUT2D eigenvalue weighted by Crippen LogP contribution is 2.22. The van der Waals surface area contributed by atoms with Crippen LogP contribution in [-0.4, -0.2) is 34.2 Å². The summed E-state index contributed by atoms with van der Waals surface area (Å²) in [4.78, 5) is 23.9. The summed E-state index contributed by atoms with van der Waals surface area (Å²) in [5.41, 5.74) is -1.67. The van der Waals surface area contributed by atoms with Gasteiger partial charge >= 0.3 is 5.97 Å². The van der Waals surface area contributed by atoms with Crippen LogP contribution >= 0.6 is 0 Å². The predicted octanol–water partition coefficient (Wildman–Crippen LogP) is 11.8. The second-order valence-corrected chi connectivity index (χ2v) is 13.8. The van der Waals surface area contributed by atoms with Crippen LogP contribution in [0.1, 0.15) is 226 Å². The molecule has 0 aromatic rings. The Morgan fingerprint density at radius 2 is 0.750 bits per heavy atom. The summed E-state index contributed by atoms with van der Waals surface area (Å²) in [6.45, 7) is 4.97. The first-order valence-electron chi connectivity index (χ1n) is 19.7. The van der Waals surface area contributed by atoms with E-state index in [4.69, 9.17) is 0 Å². The molecule has 0 radical (unpaired) electrons. The Morgan fingerprint density at radius 1 is 0.455 bits per heavy atom. The van der Waals surface area contributed by atoms with E-state index in [9.17, 15) is 19.8 Å². The van der Waals surface area contributed by atoms with Crippen molar-refractivity contribution in [3.05, 3.63) is 0 Å². The summed E-state index contributed by atoms with van der Waals surface area (Å²) >= 11 is 0. The van der Waals surface area contributed by atoms with Crippen LogP contribution in [0.4, 0.5) is 0 Å². The minimum absolute atomic E-state index is 0.0468. The van der Waals surface area contributed by atoms with E-state index in [0.29, 0.717) is 25.8 Å². The minimum atomic E-state index is -1.67. The number of amides is 1. The lowest BCUT2D eigenvalue weighted by molar-refractivity contribution is -0.160. The van der Waals surface area contributed by atoms with Gasteiger partial charge in [0.2, 0.25) is 5.91 Å². The highest BCUT2D eigenvalue weighted by Gasteiger charge is 2.34. The second kappa shape index (κ2) is 33.3. The first-order chi connectivity index (χ1) is 21.5. The Bertz CT molecular complexity index is 625. The normalized spacial score (nSPS) is 12.8. The quantitative estimate of drug-likeness (QED) is 0.0606. The van der Waals surface area contributed by atoms with Gasteiger partial charge in [-0.2, -0.15) is 0 Å². The van der Waals surface area contributed by atoms with Gasteiger partial charge in [-0.1, -0.05) is 187 Å². The molecule has 0 aliphatic heterocycles. The fourth-order valence-electron chi connectivity index (χ4n) is 6.30. The molecule has 0 heterocycles. The van der Waals surface area contributed by atoms with Crippen LogP contribution in [0, 0.1) is 0 Å². The monoisotopic (exact) mass is 624 g/mol. The molecule has 5 heteroatoms. The van der Waals surface area contributed by atoms with E-state index >= 15 is 0 Å². The number of carboxylic acid groups (broad SMARTS) is 1. The Labute approximate surface area is 274 Å². The lowest BCUT2D eigenvalue weighted by atomic mass is 9.91. The third kappa shape index (κ3) is 29.6. The Balaban J connectivity index is 3.61. The van der Waals surface area contributed by atoms with Gasteiger partial charge in [0.15, 0.2) is 5.60 Å². The van der Waals surface area contributed by atoms with Gasteiger partial charge in [-0.3, -0.25) is 4.79 Å². The molecule has 0 bridgehead atoms. The highest BCUT2D eigenvalue weighted by molar-refractivity contribution is 5.77. The highest BCUT2D eigenvalue weighted by atomic mass is 16.4. The van der Waals surface area contributed by atoms with E-state index in [-0.39, 0.29) is 12.3 Å². The number of aliphatic hydroxyl groups is 1. The molecule has 0 aliphatic rings. The molecule has 0 aliphatic carbocycles. The van der Waals surface area contributed by atoms with E-state index in [0.717, 1.165) is 32.1 Å². The number of carbonyl (C=O) groups is 2. The van der Waals surface area contributed by atoms with Crippen molar-refractivity contribution in [2.24, 2.45) is 0 Å². The molecule has 0 saturated heterocycles. The predicted molar refractivity (Wildman–Crippen MR) is 189 cm³/mol. The van der Waals surface area contributed by atoms with Gasteiger partial charge in [-0.05, 0) is 32.1 Å². The molecule has 5 nitrogen and oxygen atoms in total. The van der Waals surface area contributed by atoms with Gasteiger partial charge in [0, 0.05) is 13.0 Å². The van der Waals surface area contributed by atoms with Crippen molar-refractivity contribution in [2.45, 2.75) is 231 Å². The lowest BCUT2D eigenvalue weighted by Crippen LogP contribution is -2.39. The van der Waals surface area contributed by atoms with Gasteiger partial charge in [0.25, 0.3) is 0 Å². The third-order valence-electron chi connectivity index (χ3n) is 9.44. The molecule has 1 unspecified atom stereocenters. The van der Waals surface area contributed by atoms with Gasteiger partial charge < -0.3 is 15.5 Å². The van der Waals surface area contributed by atoms with Crippen molar-refractivity contribution < 1.29 is 19.8 Å². The van der Waals surface area contributed by atoms with Crippen LogP contribution < -0.4 is 5.32 Å². The molecule has 262 valence electrons. The molecule has 0 aromatic carbocycles. The fourth-order valence-corrected chi connectivity index (χ4v) is 6.30. The Morgan fingerprint density at radius 3 is 1.09 bits per heavy atom. The number of hydrogen-bond acceptors (Lipinski definition) is 3. The van der Waals surface area contributed by atoms with Crippen molar-refractivity contribution in [3.8, 4) is 0 Å². The standard InChI is InChI=1S/C39H77NO4/c1-3-5-7-9-11-13-15-17-19-20-22-24-26-28-30-33-37(41)40-36-32-35-39(44,38(42)43)34-31-29-27-25-23-21-18-16-14-12-10-8-6-4-2/h44H,3-36H2,1-2H3,(H,40,41)(H,42,43). The van der Waals surface area contributed by atoms with Crippen LogP contribution in [0.15, 0.2) is 0 Å². The third-order valence-corrected chi connectivity index (χ3v) is 9.44. The zero-order chi connectivity index (χ0) is 32.4. The minimum Gasteiger partial charge on any atom is -0.479 e. The number of nitrogens with one attached hydrogen (secondary N) is 1. The van der Waals surface area contributed by atoms with Crippen LogP contribution in [-0.2, 0) is 9.59 Å². The van der Waals surface area contributed by atoms with Crippen LogP contribution in [0.3, 0.4) is 0 Å². The molecule has 0 fully saturated rings. The summed E-state index contributed by atoms with van der Waals surface area (Å²) < 4.78 is 0. The van der Waals surface area contributed by atoms with Gasteiger partial charge in [-0.25, -0.2) is 4.79 Å². The van der Waals surface area contributed by atoms with Crippen molar-refractivity contribution in [3.63, 3.8) is 0 Å². The maximum atomic E-state index is 12.2. The summed E-state index contributed by atoms with van der Waals surface area (Å²) in [7, 11) is 0. The van der Waals surface area contributed by atoms with E-state index in [1.54, 1.807) is 0 Å². The topological polar surface area (TPSA) is 86.6 Å². The molecule has 0 rings (SSSR count). The number of rotatable bonds is 36. The summed E-state index contributed by atoms with van der Waals surface area (Å²) in [6.07, 6.45) is 38.7. The number of carbonyl (C=O) groups excluding carboxylic acids is 1. The molecule has 0 spiro atoms. The number of unbranched alkanes of at least 4 members (excludes halogenated alkanes) is 27. The lowest BCUT2D eigenvalue weighted by Gasteiger charge is -2.23. The van der Waals surface area contributed by atoms with Crippen molar-refractivity contribution >= 4 is 11.9 Å². The molecule has 3 N–H and O–H groups in total. The van der Waals surface area contributed by atoms with Gasteiger partial charge in [0.1, 0.15) is 0 Å². The van der Waals surface area contributed by atoms with Crippen LogP contribution in [0.5, 0.6) is 0 Å². The molecule has 1 amide bonds. The maximum absolute atomic E-state index is 12.2. The molecular formula is C39H77NO4. The first kappa shape index (κ1) is 42.9. The number of hydrogen-bond donors (Lipinski definition) is 3. The van der Waals surface area contributed by atoms with Crippen molar-refractivity contribution in [1.29, 1.82) is 0 Å². The summed E-state index contributed by atoms with van der Waals surface area (Å²) in [5, 5.41) is 23.2. The van der Waals surface area contributed by atoms with Gasteiger partial charge in [0.05, 0.1) is 0 Å². The largest absolute Gasteiger partial charge is 0.479 e. The Kier molecular flexibility index (Phi) is 32.4. The molecular weight excluding hydrogens is 546 g/mol. The summed E-state index contributed by atoms with van der Waals surface area (Å²) in [5.74, 6) is -1.08. The maximum Gasteiger partial charge on any atom is 0.335 e. The van der Waals surface area contributed by atoms with Crippen molar-refractivity contribution in [2.75, 3.05) is 6.54 Å². The molecule has 0 saturated carbocycles. The average Bonchev–Trinajstić information content (AvgIpc) is 3.01.